The molecule has 0 aliphatic carbocycles. The largest absolute Gasteiger partial charge is 0.369 e. The summed E-state index contributed by atoms with van der Waals surface area (Å²) in [5.41, 5.74) is 8.00. The van der Waals surface area contributed by atoms with Crippen molar-refractivity contribution in [2.45, 2.75) is 25.8 Å². The van der Waals surface area contributed by atoms with Gasteiger partial charge in [-0.05, 0) is 25.5 Å². The Labute approximate surface area is 115 Å². The van der Waals surface area contributed by atoms with E-state index >= 15 is 0 Å². The van der Waals surface area contributed by atoms with Gasteiger partial charge in [-0.25, -0.2) is 9.97 Å². The van der Waals surface area contributed by atoms with Gasteiger partial charge in [-0.2, -0.15) is 0 Å². The van der Waals surface area contributed by atoms with Crippen molar-refractivity contribution in [2.75, 3.05) is 12.8 Å². The number of pyridine rings is 1. The third kappa shape index (κ3) is 1.74. The monoisotopic (exact) mass is 273 g/mol. The number of nitrogens with zero attached hydrogens (tertiary/aromatic N) is 4. The fourth-order valence-corrected chi connectivity index (χ4v) is 2.53. The molecule has 3 heterocycles. The number of likely N-dealkylation sites (tertiary alicyclic amines) is 1. The Morgan fingerprint density at radius 1 is 1.30 bits per heavy atom. The Bertz CT molecular complexity index is 721. The van der Waals surface area contributed by atoms with Crippen LogP contribution in [0.5, 0.6) is 0 Å². The van der Waals surface area contributed by atoms with E-state index in [0.717, 1.165) is 10.6 Å². The van der Waals surface area contributed by atoms with E-state index in [2.05, 4.69) is 9.97 Å². The lowest BCUT2D eigenvalue weighted by Gasteiger charge is -2.28. The van der Waals surface area contributed by atoms with E-state index < -0.39 is 6.04 Å². The number of carbonyl (C=O) groups is 2. The number of nitrogen functional groups attached to an aromatic ring is 1. The number of imide groups is 1. The second-order valence-corrected chi connectivity index (χ2v) is 4.98. The predicted octanol–water partition coefficient (Wildman–Crippen LogP) is 0.642. The van der Waals surface area contributed by atoms with Gasteiger partial charge in [0.15, 0.2) is 5.65 Å². The van der Waals surface area contributed by atoms with Crippen molar-refractivity contribution in [1.29, 1.82) is 0 Å². The molecular weight excluding hydrogens is 258 g/mol. The predicted molar refractivity (Wildman–Crippen MR) is 72.7 cm³/mol. The van der Waals surface area contributed by atoms with Gasteiger partial charge in [-0.1, -0.05) is 0 Å². The topological polar surface area (TPSA) is 94.1 Å². The van der Waals surface area contributed by atoms with Crippen molar-refractivity contribution in [3.8, 4) is 0 Å². The molecular formula is C13H15N5O2. The molecule has 2 aromatic rings. The lowest BCUT2D eigenvalue weighted by Crippen LogP contribution is -2.43. The number of amides is 2. The van der Waals surface area contributed by atoms with Crippen LogP contribution in [0.2, 0.25) is 0 Å². The third-order valence-electron chi connectivity index (χ3n) is 3.64. The summed E-state index contributed by atoms with van der Waals surface area (Å²) in [6.45, 7) is 1.87. The molecule has 0 radical (unpaired) electrons. The molecule has 0 aromatic carbocycles. The average molecular weight is 273 g/mol. The minimum absolute atomic E-state index is 0.168. The molecule has 104 valence electrons. The average Bonchev–Trinajstić information content (AvgIpc) is 2.72. The summed E-state index contributed by atoms with van der Waals surface area (Å²) in [7, 11) is 1.49. The summed E-state index contributed by atoms with van der Waals surface area (Å²) in [6.07, 6.45) is 0.741. The van der Waals surface area contributed by atoms with Gasteiger partial charge < -0.3 is 5.73 Å². The number of rotatable bonds is 1. The maximum atomic E-state index is 12.3. The van der Waals surface area contributed by atoms with Gasteiger partial charge in [-0.3, -0.25) is 19.1 Å². The molecule has 3 rings (SSSR count). The van der Waals surface area contributed by atoms with E-state index in [-0.39, 0.29) is 17.8 Å². The van der Waals surface area contributed by atoms with Crippen LogP contribution < -0.4 is 5.73 Å². The molecule has 7 nitrogen and oxygen atoms in total. The van der Waals surface area contributed by atoms with Gasteiger partial charge in [0.1, 0.15) is 11.6 Å². The summed E-state index contributed by atoms with van der Waals surface area (Å²) in [4.78, 5) is 33.6. The van der Waals surface area contributed by atoms with Crippen LogP contribution in [0.3, 0.4) is 0 Å². The van der Waals surface area contributed by atoms with Crippen LogP contribution in [0, 0.1) is 6.92 Å². The normalized spacial score (nSPS) is 19.9. The van der Waals surface area contributed by atoms with Gasteiger partial charge >= 0.3 is 0 Å². The first kappa shape index (κ1) is 12.6. The third-order valence-corrected chi connectivity index (χ3v) is 3.64. The first-order valence-electron chi connectivity index (χ1n) is 6.40. The number of piperidine rings is 1. The smallest absolute Gasteiger partial charge is 0.252 e. The Kier molecular flexibility index (Phi) is 2.70. The molecule has 1 atom stereocenters. The number of hydrogen-bond acceptors (Lipinski definition) is 5. The number of nitrogens with two attached hydrogens (primary N) is 1. The molecule has 7 heteroatoms. The molecule has 0 bridgehead atoms. The second kappa shape index (κ2) is 4.29. The summed E-state index contributed by atoms with van der Waals surface area (Å²) in [6, 6.07) is 3.15. The molecule has 2 amide bonds. The lowest BCUT2D eigenvalue weighted by atomic mass is 10.0. The number of likely N-dealkylation sites (N-methyl/N-ethyl adjacent to an activating group) is 1. The number of hydrogen-bond donors (Lipinski definition) is 1. The minimum Gasteiger partial charge on any atom is -0.369 e. The number of anilines is 1. The Morgan fingerprint density at radius 3 is 2.80 bits per heavy atom. The molecule has 1 saturated heterocycles. The number of aryl methyl sites for hydroxylation is 1. The maximum absolute atomic E-state index is 12.3. The van der Waals surface area contributed by atoms with Crippen LogP contribution in [0.1, 0.15) is 24.6 Å². The number of fused-ring (bicyclic) bond motifs is 1. The zero-order chi connectivity index (χ0) is 14.4. The number of aromatic nitrogens is 3. The molecule has 1 unspecified atom stereocenters. The Morgan fingerprint density at radius 2 is 2.05 bits per heavy atom. The van der Waals surface area contributed by atoms with Crippen molar-refractivity contribution in [1.82, 2.24) is 19.4 Å². The summed E-state index contributed by atoms with van der Waals surface area (Å²) >= 11 is 0. The minimum atomic E-state index is -0.517. The van der Waals surface area contributed by atoms with E-state index in [1.54, 1.807) is 4.57 Å². The fraction of sp³-hybridized carbons (Fsp3) is 0.385. The molecule has 20 heavy (non-hydrogen) atoms. The highest BCUT2D eigenvalue weighted by molar-refractivity contribution is 6.00. The summed E-state index contributed by atoms with van der Waals surface area (Å²) < 4.78 is 1.63. The number of imidazole rings is 1. The quantitative estimate of drug-likeness (QED) is 0.769. The van der Waals surface area contributed by atoms with Crippen LogP contribution in [0.4, 0.5) is 5.95 Å². The van der Waals surface area contributed by atoms with Crippen LogP contribution >= 0.6 is 0 Å². The first-order chi connectivity index (χ1) is 9.49. The Hall–Kier alpha value is -2.44. The van der Waals surface area contributed by atoms with Crippen molar-refractivity contribution in [3.63, 3.8) is 0 Å². The van der Waals surface area contributed by atoms with Gasteiger partial charge in [0.25, 0.3) is 5.91 Å². The highest BCUT2D eigenvalue weighted by Crippen LogP contribution is 2.29. The second-order valence-electron chi connectivity index (χ2n) is 4.98. The van der Waals surface area contributed by atoms with Gasteiger partial charge in [0.05, 0.1) is 0 Å². The highest BCUT2D eigenvalue weighted by Gasteiger charge is 2.35. The van der Waals surface area contributed by atoms with E-state index in [9.17, 15) is 9.59 Å². The molecule has 2 N–H and O–H groups in total. The molecule has 1 aliphatic rings. The SMILES string of the molecule is Cc1ccc2nc(N)n(C3CCC(=O)N(C)C3=O)c2n1. The van der Waals surface area contributed by atoms with E-state index in [1.807, 2.05) is 19.1 Å². The van der Waals surface area contributed by atoms with Crippen LogP contribution in [0.25, 0.3) is 11.2 Å². The van der Waals surface area contributed by atoms with Crippen molar-refractivity contribution >= 4 is 28.9 Å². The molecule has 1 fully saturated rings. The Balaban J connectivity index is 2.14. The highest BCUT2D eigenvalue weighted by atomic mass is 16.2. The zero-order valence-electron chi connectivity index (χ0n) is 11.3. The molecule has 0 spiro atoms. The number of carbonyl (C=O) groups excluding carboxylic acids is 2. The maximum Gasteiger partial charge on any atom is 0.252 e. The summed E-state index contributed by atoms with van der Waals surface area (Å²) in [5, 5.41) is 0. The van der Waals surface area contributed by atoms with Gasteiger partial charge in [-0.15, -0.1) is 0 Å². The molecule has 0 saturated carbocycles. The fourth-order valence-electron chi connectivity index (χ4n) is 2.53. The van der Waals surface area contributed by atoms with Crippen LogP contribution in [0.15, 0.2) is 12.1 Å². The van der Waals surface area contributed by atoms with Crippen molar-refractivity contribution in [2.24, 2.45) is 0 Å². The van der Waals surface area contributed by atoms with Gasteiger partial charge in [0.2, 0.25) is 11.9 Å². The van der Waals surface area contributed by atoms with E-state index in [1.165, 1.54) is 7.05 Å². The van der Waals surface area contributed by atoms with Crippen molar-refractivity contribution < 1.29 is 9.59 Å². The van der Waals surface area contributed by atoms with E-state index in [0.29, 0.717) is 24.0 Å². The van der Waals surface area contributed by atoms with Gasteiger partial charge in [0, 0.05) is 19.2 Å². The van der Waals surface area contributed by atoms with Crippen LogP contribution in [-0.4, -0.2) is 38.3 Å². The van der Waals surface area contributed by atoms with Crippen molar-refractivity contribution in [3.05, 3.63) is 17.8 Å². The molecule has 2 aromatic heterocycles. The zero-order valence-corrected chi connectivity index (χ0v) is 11.3. The van der Waals surface area contributed by atoms with E-state index in [4.69, 9.17) is 5.73 Å². The summed E-state index contributed by atoms with van der Waals surface area (Å²) in [5.74, 6) is -0.187. The lowest BCUT2D eigenvalue weighted by molar-refractivity contribution is -0.149. The first-order valence-corrected chi connectivity index (χ1v) is 6.40. The standard InChI is InChI=1S/C13H15N5O2/c1-7-3-4-8-11(15-7)18(13(14)16-8)9-5-6-10(19)17(2)12(9)20/h3-4,9H,5-6H2,1-2H3,(H2,14,16). The molecule has 1 aliphatic heterocycles. The van der Waals surface area contributed by atoms with Crippen LogP contribution in [-0.2, 0) is 9.59 Å².